The molecule has 72 valence electrons. The van der Waals surface area contributed by atoms with Gasteiger partial charge >= 0.3 is 5.97 Å². The number of rotatable bonds is 2. The zero-order chi connectivity index (χ0) is 10.0. The number of hydrogen-bond donors (Lipinski definition) is 0. The lowest BCUT2D eigenvalue weighted by molar-refractivity contribution is -0.142. The zero-order valence-corrected chi connectivity index (χ0v) is 8.55. The van der Waals surface area contributed by atoms with Gasteiger partial charge in [0.05, 0.1) is 5.69 Å². The molecule has 0 unspecified atom stereocenters. The first-order chi connectivity index (χ1) is 6.02. The van der Waals surface area contributed by atoms with E-state index in [0.29, 0.717) is 5.15 Å². The van der Waals surface area contributed by atoms with Gasteiger partial charge in [0, 0.05) is 19.5 Å². The second-order valence-electron chi connectivity index (χ2n) is 2.76. The topological polar surface area (TPSA) is 44.1 Å². The molecule has 13 heavy (non-hydrogen) atoms. The molecule has 1 aromatic rings. The summed E-state index contributed by atoms with van der Waals surface area (Å²) >= 11 is 5.91. The largest absolute Gasteiger partial charge is 0.461 e. The molecule has 5 heteroatoms. The van der Waals surface area contributed by atoms with Gasteiger partial charge in [-0.1, -0.05) is 11.6 Å². The summed E-state index contributed by atoms with van der Waals surface area (Å²) < 4.78 is 6.38. The molecule has 1 heterocycles. The van der Waals surface area contributed by atoms with E-state index in [1.165, 1.54) is 6.92 Å². The van der Waals surface area contributed by atoms with E-state index < -0.39 is 0 Å². The van der Waals surface area contributed by atoms with Crippen LogP contribution < -0.4 is 0 Å². The number of halogens is 1. The van der Waals surface area contributed by atoms with Gasteiger partial charge in [0.1, 0.15) is 11.8 Å². The Hall–Kier alpha value is -1.03. The Balaban J connectivity index is 2.81. The Kier molecular flexibility index (Phi) is 2.93. The van der Waals surface area contributed by atoms with Crippen LogP contribution in [0.25, 0.3) is 0 Å². The monoisotopic (exact) mass is 202 g/mol. The number of carbonyl (C=O) groups excluding carboxylic acids is 1. The minimum atomic E-state index is -0.320. The van der Waals surface area contributed by atoms with Crippen LogP contribution in [-0.2, 0) is 23.2 Å². The van der Waals surface area contributed by atoms with Crippen molar-refractivity contribution in [3.8, 4) is 0 Å². The highest BCUT2D eigenvalue weighted by Gasteiger charge is 2.11. The first-order valence-corrected chi connectivity index (χ1v) is 4.21. The van der Waals surface area contributed by atoms with Gasteiger partial charge in [-0.25, -0.2) is 0 Å². The van der Waals surface area contributed by atoms with E-state index in [0.717, 1.165) is 11.3 Å². The van der Waals surface area contributed by atoms with Crippen molar-refractivity contribution in [3.63, 3.8) is 0 Å². The van der Waals surface area contributed by atoms with Gasteiger partial charge in [-0.3, -0.25) is 9.48 Å². The van der Waals surface area contributed by atoms with Gasteiger partial charge in [0.15, 0.2) is 0 Å². The molecule has 0 aliphatic rings. The predicted octanol–water partition coefficient (Wildman–Crippen LogP) is 1.45. The van der Waals surface area contributed by atoms with Crippen molar-refractivity contribution in [2.45, 2.75) is 20.5 Å². The smallest absolute Gasteiger partial charge is 0.302 e. The van der Waals surface area contributed by atoms with Crippen molar-refractivity contribution in [2.24, 2.45) is 7.05 Å². The summed E-state index contributed by atoms with van der Waals surface area (Å²) in [6.07, 6.45) is 0. The van der Waals surface area contributed by atoms with Gasteiger partial charge < -0.3 is 4.74 Å². The van der Waals surface area contributed by atoms with Crippen molar-refractivity contribution < 1.29 is 9.53 Å². The number of hydrogen-bond acceptors (Lipinski definition) is 3. The highest BCUT2D eigenvalue weighted by atomic mass is 35.5. The van der Waals surface area contributed by atoms with Crippen LogP contribution in [0.4, 0.5) is 0 Å². The number of nitrogens with zero attached hydrogens (tertiary/aromatic N) is 2. The van der Waals surface area contributed by atoms with E-state index in [1.54, 1.807) is 11.7 Å². The molecule has 0 N–H and O–H groups in total. The molecule has 1 aromatic heterocycles. The third kappa shape index (κ3) is 2.21. The quantitative estimate of drug-likeness (QED) is 0.682. The summed E-state index contributed by atoms with van der Waals surface area (Å²) in [5.41, 5.74) is 1.55. The number of esters is 1. The second-order valence-corrected chi connectivity index (χ2v) is 3.12. The van der Waals surface area contributed by atoms with E-state index >= 15 is 0 Å². The average molecular weight is 203 g/mol. The molecule has 1 rings (SSSR count). The fraction of sp³-hybridized carbons (Fsp3) is 0.500. The van der Waals surface area contributed by atoms with Crippen LogP contribution in [0.2, 0.25) is 5.15 Å². The second kappa shape index (κ2) is 3.79. The zero-order valence-electron chi connectivity index (χ0n) is 7.80. The average Bonchev–Trinajstić information content (AvgIpc) is 2.24. The Morgan fingerprint density at radius 2 is 2.31 bits per heavy atom. The van der Waals surface area contributed by atoms with Crippen LogP contribution in [0.3, 0.4) is 0 Å². The minimum Gasteiger partial charge on any atom is -0.461 e. The molecule has 0 saturated carbocycles. The molecule has 0 fully saturated rings. The van der Waals surface area contributed by atoms with Crippen molar-refractivity contribution in [1.29, 1.82) is 0 Å². The summed E-state index contributed by atoms with van der Waals surface area (Å²) in [5.74, 6) is -0.320. The van der Waals surface area contributed by atoms with Gasteiger partial charge in [-0.2, -0.15) is 5.10 Å². The normalized spacial score (nSPS) is 10.2. The summed E-state index contributed by atoms with van der Waals surface area (Å²) in [5, 5.41) is 4.59. The Morgan fingerprint density at radius 1 is 1.69 bits per heavy atom. The first kappa shape index (κ1) is 10.1. The van der Waals surface area contributed by atoms with E-state index in [9.17, 15) is 4.79 Å². The number of aromatic nitrogens is 2. The van der Waals surface area contributed by atoms with Crippen molar-refractivity contribution >= 4 is 17.6 Å². The van der Waals surface area contributed by atoms with Gasteiger partial charge in [0.2, 0.25) is 0 Å². The third-order valence-electron chi connectivity index (χ3n) is 1.69. The highest BCUT2D eigenvalue weighted by molar-refractivity contribution is 6.30. The van der Waals surface area contributed by atoms with Gasteiger partial charge in [0.25, 0.3) is 0 Å². The predicted molar refractivity (Wildman–Crippen MR) is 48.4 cm³/mol. The lowest BCUT2D eigenvalue weighted by Crippen LogP contribution is -1.99. The van der Waals surface area contributed by atoms with E-state index in [1.807, 2.05) is 6.92 Å². The molecule has 0 amide bonds. The third-order valence-corrected chi connectivity index (χ3v) is 2.16. The summed E-state index contributed by atoms with van der Waals surface area (Å²) in [6, 6.07) is 0. The lowest BCUT2D eigenvalue weighted by Gasteiger charge is -2.00. The van der Waals surface area contributed by atoms with Crippen LogP contribution in [0.1, 0.15) is 18.2 Å². The maximum atomic E-state index is 10.6. The van der Waals surface area contributed by atoms with E-state index in [4.69, 9.17) is 16.3 Å². The fourth-order valence-corrected chi connectivity index (χ4v) is 1.24. The molecule has 0 aromatic carbocycles. The van der Waals surface area contributed by atoms with Crippen molar-refractivity contribution in [3.05, 3.63) is 16.4 Å². The van der Waals surface area contributed by atoms with Crippen LogP contribution in [0.5, 0.6) is 0 Å². The van der Waals surface area contributed by atoms with E-state index in [2.05, 4.69) is 5.10 Å². The molecule has 0 atom stereocenters. The van der Waals surface area contributed by atoms with Crippen LogP contribution >= 0.6 is 11.6 Å². The fourth-order valence-electron chi connectivity index (χ4n) is 1.01. The molecule has 0 bridgehead atoms. The molecule has 0 aliphatic carbocycles. The lowest BCUT2D eigenvalue weighted by atomic mass is 10.3. The Labute approximate surface area is 81.4 Å². The molecule has 0 spiro atoms. The SMILES string of the molecule is CC(=O)OCc1c(C)nn(C)c1Cl. The van der Waals surface area contributed by atoms with Crippen molar-refractivity contribution in [2.75, 3.05) is 0 Å². The summed E-state index contributed by atoms with van der Waals surface area (Å²) in [7, 11) is 1.74. The standard InChI is InChI=1S/C8H11ClN2O2/c1-5-7(4-13-6(2)12)8(9)11(3)10-5/h4H2,1-3H3. The Bertz CT molecular complexity index is 333. The van der Waals surface area contributed by atoms with Crippen LogP contribution in [0.15, 0.2) is 0 Å². The van der Waals surface area contributed by atoms with Gasteiger partial charge in [-0.15, -0.1) is 0 Å². The molecular formula is C8H11ClN2O2. The molecular weight excluding hydrogens is 192 g/mol. The van der Waals surface area contributed by atoms with Crippen LogP contribution in [0, 0.1) is 6.92 Å². The molecule has 4 nitrogen and oxygen atoms in total. The summed E-state index contributed by atoms with van der Waals surface area (Å²) in [4.78, 5) is 10.6. The Morgan fingerprint density at radius 3 is 2.69 bits per heavy atom. The maximum Gasteiger partial charge on any atom is 0.302 e. The first-order valence-electron chi connectivity index (χ1n) is 3.83. The van der Waals surface area contributed by atoms with Crippen LogP contribution in [-0.4, -0.2) is 15.7 Å². The molecule has 0 saturated heterocycles. The molecule has 0 aliphatic heterocycles. The number of ether oxygens (including phenoxy) is 1. The molecule has 0 radical (unpaired) electrons. The highest BCUT2D eigenvalue weighted by Crippen LogP contribution is 2.19. The van der Waals surface area contributed by atoms with E-state index in [-0.39, 0.29) is 12.6 Å². The number of carbonyl (C=O) groups is 1. The van der Waals surface area contributed by atoms with Crippen molar-refractivity contribution in [1.82, 2.24) is 9.78 Å². The summed E-state index contributed by atoms with van der Waals surface area (Å²) in [6.45, 7) is 3.37. The van der Waals surface area contributed by atoms with Gasteiger partial charge in [-0.05, 0) is 6.92 Å². The minimum absolute atomic E-state index is 0.188. The maximum absolute atomic E-state index is 10.6. The number of aryl methyl sites for hydroxylation is 2.